The molecule has 0 aromatic heterocycles. The van der Waals surface area contributed by atoms with E-state index in [4.69, 9.17) is 9.47 Å². The predicted molar refractivity (Wildman–Crippen MR) is 116 cm³/mol. The summed E-state index contributed by atoms with van der Waals surface area (Å²) in [5.74, 6) is 1.67. The van der Waals surface area contributed by atoms with Crippen LogP contribution in [0.25, 0.3) is 0 Å². The number of aliphatic imine (C=N–C) groups is 1. The maximum Gasteiger partial charge on any atom is 0.407 e. The molecule has 1 amide bonds. The second kappa shape index (κ2) is 13.4. The van der Waals surface area contributed by atoms with Crippen LogP contribution in [-0.4, -0.2) is 69.0 Å². The molecule has 1 aliphatic carbocycles. The smallest absolute Gasteiger partial charge is 0.407 e. The van der Waals surface area contributed by atoms with Gasteiger partial charge in [-0.1, -0.05) is 0 Å². The van der Waals surface area contributed by atoms with Crippen molar-refractivity contribution >= 4 is 36.0 Å². The number of guanidine groups is 1. The van der Waals surface area contributed by atoms with Crippen LogP contribution in [0.2, 0.25) is 0 Å². The van der Waals surface area contributed by atoms with Gasteiger partial charge in [0.1, 0.15) is 5.60 Å². The van der Waals surface area contributed by atoms with Gasteiger partial charge >= 0.3 is 6.09 Å². The number of likely N-dealkylation sites (N-methyl/N-ethyl adjacent to an activating group) is 1. The molecule has 1 aliphatic rings. The Morgan fingerprint density at radius 2 is 1.96 bits per heavy atom. The second-order valence-corrected chi connectivity index (χ2v) is 7.46. The number of hydrogen-bond donors (Lipinski definition) is 2. The average molecular weight is 484 g/mol. The van der Waals surface area contributed by atoms with Crippen LogP contribution in [0.15, 0.2) is 4.99 Å². The molecule has 0 atom stereocenters. The Hall–Kier alpha value is -0.770. The number of hydrogen-bond acceptors (Lipinski definition) is 4. The summed E-state index contributed by atoms with van der Waals surface area (Å²) in [6.45, 7) is 12.0. The molecule has 26 heavy (non-hydrogen) atoms. The Morgan fingerprint density at radius 3 is 2.54 bits per heavy atom. The van der Waals surface area contributed by atoms with Crippen molar-refractivity contribution in [3.05, 3.63) is 0 Å². The number of nitrogens with one attached hydrogen (secondary N) is 2. The zero-order valence-electron chi connectivity index (χ0n) is 17.0. The summed E-state index contributed by atoms with van der Waals surface area (Å²) < 4.78 is 10.9. The number of carbonyl (C=O) groups excluding carboxylic acids is 1. The molecule has 1 fully saturated rings. The van der Waals surface area contributed by atoms with Gasteiger partial charge in [-0.25, -0.2) is 4.79 Å². The van der Waals surface area contributed by atoms with Crippen LogP contribution in [0, 0.1) is 5.92 Å². The van der Waals surface area contributed by atoms with E-state index in [-0.39, 0.29) is 30.1 Å². The summed E-state index contributed by atoms with van der Waals surface area (Å²) in [6, 6.07) is 0. The number of ether oxygens (including phenoxy) is 2. The molecule has 0 aromatic rings. The van der Waals surface area contributed by atoms with Crippen LogP contribution in [0.4, 0.5) is 4.79 Å². The van der Waals surface area contributed by atoms with Gasteiger partial charge in [-0.2, -0.15) is 0 Å². The predicted octanol–water partition coefficient (Wildman–Crippen LogP) is 2.84. The fraction of sp³-hybridized carbons (Fsp3) is 0.889. The van der Waals surface area contributed by atoms with Gasteiger partial charge in [0.25, 0.3) is 0 Å². The van der Waals surface area contributed by atoms with Crippen molar-refractivity contribution in [2.45, 2.75) is 52.6 Å². The van der Waals surface area contributed by atoms with Crippen LogP contribution in [0.5, 0.6) is 0 Å². The molecule has 2 N–H and O–H groups in total. The summed E-state index contributed by atoms with van der Waals surface area (Å²) in [4.78, 5) is 18.2. The highest BCUT2D eigenvalue weighted by Crippen LogP contribution is 2.28. The van der Waals surface area contributed by atoms with Gasteiger partial charge in [0, 0.05) is 39.8 Å². The molecule has 1 saturated carbocycles. The van der Waals surface area contributed by atoms with E-state index in [1.54, 1.807) is 0 Å². The highest BCUT2D eigenvalue weighted by Gasteiger charge is 2.21. The Bertz CT molecular complexity index is 423. The second-order valence-electron chi connectivity index (χ2n) is 7.46. The molecular formula is C18H37IN4O3. The molecule has 0 radical (unpaired) electrons. The standard InChI is InChI=1S/C18H36N4O3.HI/c1-6-19-16(22(5)12-13-24-14-15-8-9-15)20-10-7-11-21-17(23)25-18(2,3)4;/h15H,6-14H2,1-5H3,(H,19,20)(H,21,23);1H. The zero-order chi connectivity index (χ0) is 18.7. The van der Waals surface area contributed by atoms with Crippen molar-refractivity contribution in [1.82, 2.24) is 15.5 Å². The minimum Gasteiger partial charge on any atom is -0.444 e. The van der Waals surface area contributed by atoms with Crippen molar-refractivity contribution < 1.29 is 14.3 Å². The lowest BCUT2D eigenvalue weighted by molar-refractivity contribution is 0.0527. The van der Waals surface area contributed by atoms with E-state index in [1.807, 2.05) is 27.8 Å². The molecule has 154 valence electrons. The number of halogens is 1. The zero-order valence-corrected chi connectivity index (χ0v) is 19.3. The fourth-order valence-corrected chi connectivity index (χ4v) is 2.08. The number of carbonyl (C=O) groups is 1. The third kappa shape index (κ3) is 13.4. The van der Waals surface area contributed by atoms with Crippen molar-refractivity contribution in [2.75, 3.05) is 46.4 Å². The van der Waals surface area contributed by atoms with Crippen LogP contribution in [-0.2, 0) is 9.47 Å². The van der Waals surface area contributed by atoms with Gasteiger partial charge in [0.2, 0.25) is 0 Å². The van der Waals surface area contributed by atoms with E-state index in [1.165, 1.54) is 12.8 Å². The van der Waals surface area contributed by atoms with E-state index in [0.717, 1.165) is 44.6 Å². The molecule has 0 aromatic carbocycles. The van der Waals surface area contributed by atoms with Crippen molar-refractivity contribution in [3.63, 3.8) is 0 Å². The van der Waals surface area contributed by atoms with Gasteiger partial charge in [-0.15, -0.1) is 24.0 Å². The molecule has 0 unspecified atom stereocenters. The minimum atomic E-state index is -0.468. The fourth-order valence-electron chi connectivity index (χ4n) is 2.08. The molecule has 0 saturated heterocycles. The first-order valence-electron chi connectivity index (χ1n) is 9.36. The molecule has 7 nitrogen and oxygen atoms in total. The van der Waals surface area contributed by atoms with E-state index in [9.17, 15) is 4.79 Å². The summed E-state index contributed by atoms with van der Waals surface area (Å²) in [5, 5.41) is 6.03. The van der Waals surface area contributed by atoms with E-state index < -0.39 is 5.60 Å². The highest BCUT2D eigenvalue weighted by molar-refractivity contribution is 14.0. The number of alkyl carbamates (subject to hydrolysis) is 1. The highest BCUT2D eigenvalue weighted by atomic mass is 127. The minimum absolute atomic E-state index is 0. The van der Waals surface area contributed by atoms with Gasteiger partial charge in [0.05, 0.1) is 6.61 Å². The number of rotatable bonds is 10. The van der Waals surface area contributed by atoms with Crippen LogP contribution >= 0.6 is 24.0 Å². The summed E-state index contributed by atoms with van der Waals surface area (Å²) in [6.07, 6.45) is 3.02. The SMILES string of the molecule is CCNC(=NCCCNC(=O)OC(C)(C)C)N(C)CCOCC1CC1.I. The Balaban J connectivity index is 0.00000625. The molecule has 8 heteroatoms. The monoisotopic (exact) mass is 484 g/mol. The quantitative estimate of drug-likeness (QED) is 0.216. The number of nitrogens with zero attached hydrogens (tertiary/aromatic N) is 2. The Morgan fingerprint density at radius 1 is 1.27 bits per heavy atom. The van der Waals surface area contributed by atoms with Crippen LogP contribution in [0.3, 0.4) is 0 Å². The lowest BCUT2D eigenvalue weighted by atomic mass is 10.2. The number of amides is 1. The van der Waals surface area contributed by atoms with Crippen LogP contribution in [0.1, 0.15) is 47.0 Å². The third-order valence-electron chi connectivity index (χ3n) is 3.58. The maximum absolute atomic E-state index is 11.6. The largest absolute Gasteiger partial charge is 0.444 e. The van der Waals surface area contributed by atoms with Gasteiger partial charge in [-0.05, 0) is 52.9 Å². The first kappa shape index (κ1) is 25.2. The molecular weight excluding hydrogens is 447 g/mol. The van der Waals surface area contributed by atoms with Gasteiger partial charge < -0.3 is 25.0 Å². The summed E-state index contributed by atoms with van der Waals surface area (Å²) in [7, 11) is 2.01. The van der Waals surface area contributed by atoms with E-state index >= 15 is 0 Å². The van der Waals surface area contributed by atoms with E-state index in [2.05, 4.69) is 27.4 Å². The van der Waals surface area contributed by atoms with Crippen molar-refractivity contribution in [2.24, 2.45) is 10.9 Å². The van der Waals surface area contributed by atoms with Crippen molar-refractivity contribution in [1.29, 1.82) is 0 Å². The first-order valence-corrected chi connectivity index (χ1v) is 9.36. The Labute approximate surface area is 175 Å². The first-order chi connectivity index (χ1) is 11.8. The van der Waals surface area contributed by atoms with Crippen LogP contribution < -0.4 is 10.6 Å². The lowest BCUT2D eigenvalue weighted by Crippen LogP contribution is -2.40. The summed E-state index contributed by atoms with van der Waals surface area (Å²) >= 11 is 0. The summed E-state index contributed by atoms with van der Waals surface area (Å²) in [5.41, 5.74) is -0.468. The normalized spacial score (nSPS) is 14.4. The van der Waals surface area contributed by atoms with Gasteiger partial charge in [-0.3, -0.25) is 4.99 Å². The lowest BCUT2D eigenvalue weighted by Gasteiger charge is -2.22. The average Bonchev–Trinajstić information content (AvgIpc) is 3.32. The van der Waals surface area contributed by atoms with E-state index in [0.29, 0.717) is 13.1 Å². The van der Waals surface area contributed by atoms with Gasteiger partial charge in [0.15, 0.2) is 5.96 Å². The third-order valence-corrected chi connectivity index (χ3v) is 3.58. The topological polar surface area (TPSA) is 75.2 Å². The molecule has 0 heterocycles. The Kier molecular flexibility index (Phi) is 13.0. The molecule has 0 bridgehead atoms. The maximum atomic E-state index is 11.6. The van der Waals surface area contributed by atoms with Crippen molar-refractivity contribution in [3.8, 4) is 0 Å². The molecule has 1 rings (SSSR count). The molecule has 0 spiro atoms. The molecule has 0 aliphatic heterocycles.